The van der Waals surface area contributed by atoms with E-state index in [1.54, 1.807) is 6.07 Å². The molecule has 0 aliphatic rings. The predicted molar refractivity (Wildman–Crippen MR) is 65.7 cm³/mol. The van der Waals surface area contributed by atoms with Crippen molar-refractivity contribution in [2.45, 2.75) is 19.4 Å². The largest absolute Gasteiger partial charge is 0.480 e. The van der Waals surface area contributed by atoms with Crippen LogP contribution in [0.4, 0.5) is 0 Å². The molecule has 1 aromatic rings. The van der Waals surface area contributed by atoms with Gasteiger partial charge < -0.3 is 10.0 Å². The Labute approximate surface area is 108 Å². The zero-order chi connectivity index (χ0) is 13.2. The first-order chi connectivity index (χ1) is 7.78. The molecule has 0 radical (unpaired) electrons. The molecule has 0 unspecified atom stereocenters. The van der Waals surface area contributed by atoms with E-state index in [1.165, 1.54) is 38.2 Å². The molecule has 1 aromatic heterocycles. The first-order valence-electron chi connectivity index (χ1n) is 4.89. The Bertz CT molecular complexity index is 460. The fraction of sp³-hybridized carbons (Fsp3) is 0.364. The molecule has 1 heterocycles. The first kappa shape index (κ1) is 13.6. The standard InChI is InChI=1S/C11H13BrN2O3/c1-11(2,10(16)17)14(3)9(15)7-4-5-13-6-8(7)12/h4-6H,1-3H3,(H,16,17). The molecule has 0 saturated carbocycles. The smallest absolute Gasteiger partial charge is 0.329 e. The van der Waals surface area contributed by atoms with Crippen LogP contribution in [0.3, 0.4) is 0 Å². The van der Waals surface area contributed by atoms with Gasteiger partial charge in [-0.25, -0.2) is 4.79 Å². The van der Waals surface area contributed by atoms with E-state index >= 15 is 0 Å². The summed E-state index contributed by atoms with van der Waals surface area (Å²) in [6.45, 7) is 2.95. The van der Waals surface area contributed by atoms with Gasteiger partial charge in [-0.3, -0.25) is 9.78 Å². The molecule has 17 heavy (non-hydrogen) atoms. The number of aromatic nitrogens is 1. The number of carbonyl (C=O) groups is 2. The molecule has 1 rings (SSSR count). The van der Waals surface area contributed by atoms with Gasteiger partial charge in [-0.15, -0.1) is 0 Å². The van der Waals surface area contributed by atoms with Crippen LogP contribution in [0.2, 0.25) is 0 Å². The topological polar surface area (TPSA) is 70.5 Å². The van der Waals surface area contributed by atoms with E-state index in [9.17, 15) is 9.59 Å². The number of likely N-dealkylation sites (N-methyl/N-ethyl adjacent to an activating group) is 1. The number of carboxylic acids is 1. The summed E-state index contributed by atoms with van der Waals surface area (Å²) in [6, 6.07) is 1.54. The monoisotopic (exact) mass is 300 g/mol. The van der Waals surface area contributed by atoms with Gasteiger partial charge in [0.2, 0.25) is 0 Å². The van der Waals surface area contributed by atoms with Crippen molar-refractivity contribution in [2.75, 3.05) is 7.05 Å². The summed E-state index contributed by atoms with van der Waals surface area (Å²) in [5.74, 6) is -1.43. The zero-order valence-electron chi connectivity index (χ0n) is 9.77. The van der Waals surface area contributed by atoms with Crippen LogP contribution >= 0.6 is 15.9 Å². The average molecular weight is 301 g/mol. The lowest BCUT2D eigenvalue weighted by molar-refractivity contribution is -0.147. The summed E-state index contributed by atoms with van der Waals surface area (Å²) >= 11 is 3.21. The number of aliphatic carboxylic acids is 1. The third-order valence-corrected chi connectivity index (χ3v) is 3.30. The highest BCUT2D eigenvalue weighted by atomic mass is 79.9. The maximum Gasteiger partial charge on any atom is 0.329 e. The molecule has 0 aliphatic heterocycles. The number of nitrogens with zero attached hydrogens (tertiary/aromatic N) is 2. The van der Waals surface area contributed by atoms with Gasteiger partial charge in [0, 0.05) is 23.9 Å². The second-order valence-corrected chi connectivity index (χ2v) is 4.94. The van der Waals surface area contributed by atoms with Crippen LogP contribution in [0, 0.1) is 0 Å². The van der Waals surface area contributed by atoms with E-state index in [-0.39, 0.29) is 5.91 Å². The van der Waals surface area contributed by atoms with Crippen LogP contribution in [0.25, 0.3) is 0 Å². The quantitative estimate of drug-likeness (QED) is 0.924. The second-order valence-electron chi connectivity index (χ2n) is 4.08. The Kier molecular flexibility index (Phi) is 3.87. The Balaban J connectivity index is 3.07. The van der Waals surface area contributed by atoms with Gasteiger partial charge in [0.1, 0.15) is 5.54 Å². The zero-order valence-corrected chi connectivity index (χ0v) is 11.4. The van der Waals surface area contributed by atoms with E-state index in [4.69, 9.17) is 5.11 Å². The van der Waals surface area contributed by atoms with Gasteiger partial charge in [0.25, 0.3) is 5.91 Å². The fourth-order valence-corrected chi connectivity index (χ4v) is 1.55. The lowest BCUT2D eigenvalue weighted by Crippen LogP contribution is -2.50. The summed E-state index contributed by atoms with van der Waals surface area (Å²) < 4.78 is 0.540. The van der Waals surface area contributed by atoms with Crippen LogP contribution in [0.5, 0.6) is 0 Å². The van der Waals surface area contributed by atoms with Crippen molar-refractivity contribution < 1.29 is 14.7 Å². The minimum absolute atomic E-state index is 0.369. The number of rotatable bonds is 3. The summed E-state index contributed by atoms with van der Waals surface area (Å²) in [6.07, 6.45) is 2.98. The van der Waals surface area contributed by atoms with Gasteiger partial charge in [0.15, 0.2) is 0 Å². The number of carbonyl (C=O) groups excluding carboxylic acids is 1. The Morgan fingerprint density at radius 1 is 1.47 bits per heavy atom. The van der Waals surface area contributed by atoms with Crippen molar-refractivity contribution >= 4 is 27.8 Å². The van der Waals surface area contributed by atoms with Crippen LogP contribution in [-0.4, -0.2) is 39.5 Å². The molecule has 0 saturated heterocycles. The average Bonchev–Trinajstić information content (AvgIpc) is 2.27. The van der Waals surface area contributed by atoms with E-state index in [1.807, 2.05) is 0 Å². The number of hydrogen-bond donors (Lipinski definition) is 1. The van der Waals surface area contributed by atoms with Gasteiger partial charge in [-0.2, -0.15) is 0 Å². The van der Waals surface area contributed by atoms with Crippen LogP contribution < -0.4 is 0 Å². The molecular formula is C11H13BrN2O3. The van der Waals surface area contributed by atoms with Crippen molar-refractivity contribution in [3.63, 3.8) is 0 Å². The molecule has 0 bridgehead atoms. The molecule has 0 aliphatic carbocycles. The SMILES string of the molecule is CN(C(=O)c1ccncc1Br)C(C)(C)C(=O)O. The molecule has 1 N–H and O–H groups in total. The van der Waals surface area contributed by atoms with E-state index in [0.717, 1.165) is 0 Å². The lowest BCUT2D eigenvalue weighted by Gasteiger charge is -2.31. The minimum Gasteiger partial charge on any atom is -0.480 e. The summed E-state index contributed by atoms with van der Waals surface area (Å²) in [4.78, 5) is 28.2. The molecule has 0 spiro atoms. The molecule has 92 valence electrons. The number of amides is 1. The molecule has 1 amide bonds. The number of pyridine rings is 1. The Morgan fingerprint density at radius 3 is 2.53 bits per heavy atom. The van der Waals surface area contributed by atoms with Gasteiger partial charge in [0.05, 0.1) is 5.56 Å². The van der Waals surface area contributed by atoms with Crippen LogP contribution in [0.1, 0.15) is 24.2 Å². The maximum absolute atomic E-state index is 12.1. The van der Waals surface area contributed by atoms with E-state index < -0.39 is 11.5 Å². The fourth-order valence-electron chi connectivity index (χ4n) is 1.13. The predicted octanol–water partition coefficient (Wildman–Crippen LogP) is 1.78. The highest BCUT2D eigenvalue weighted by Gasteiger charge is 2.36. The van der Waals surface area contributed by atoms with Crippen molar-refractivity contribution in [3.8, 4) is 0 Å². The summed E-state index contributed by atoms with van der Waals surface area (Å²) in [5.41, 5.74) is -0.878. The van der Waals surface area contributed by atoms with E-state index in [0.29, 0.717) is 10.0 Å². The molecule has 6 heteroatoms. The molecule has 0 aromatic carbocycles. The summed E-state index contributed by atoms with van der Waals surface area (Å²) in [5, 5.41) is 9.06. The van der Waals surface area contributed by atoms with Crippen LogP contribution in [-0.2, 0) is 4.79 Å². The third kappa shape index (κ3) is 2.63. The molecule has 0 atom stereocenters. The minimum atomic E-state index is -1.26. The second kappa shape index (κ2) is 4.83. The van der Waals surface area contributed by atoms with Crippen molar-refractivity contribution in [3.05, 3.63) is 28.5 Å². The number of hydrogen-bond acceptors (Lipinski definition) is 3. The van der Waals surface area contributed by atoms with Gasteiger partial charge >= 0.3 is 5.97 Å². The maximum atomic E-state index is 12.1. The summed E-state index contributed by atoms with van der Waals surface area (Å²) in [7, 11) is 1.46. The van der Waals surface area contributed by atoms with Crippen molar-refractivity contribution in [1.29, 1.82) is 0 Å². The highest BCUT2D eigenvalue weighted by molar-refractivity contribution is 9.10. The number of carboxylic acid groups (broad SMARTS) is 1. The van der Waals surface area contributed by atoms with Gasteiger partial charge in [-0.1, -0.05) is 0 Å². The third-order valence-electron chi connectivity index (χ3n) is 2.67. The lowest BCUT2D eigenvalue weighted by atomic mass is 10.0. The van der Waals surface area contributed by atoms with Crippen LogP contribution in [0.15, 0.2) is 22.9 Å². The highest BCUT2D eigenvalue weighted by Crippen LogP contribution is 2.21. The normalized spacial score (nSPS) is 11.1. The van der Waals surface area contributed by atoms with Crippen molar-refractivity contribution in [2.24, 2.45) is 0 Å². The molecular weight excluding hydrogens is 288 g/mol. The molecule has 5 nitrogen and oxygen atoms in total. The first-order valence-corrected chi connectivity index (χ1v) is 5.69. The number of halogens is 1. The molecule has 0 fully saturated rings. The van der Waals surface area contributed by atoms with Crippen molar-refractivity contribution in [1.82, 2.24) is 9.88 Å². The van der Waals surface area contributed by atoms with E-state index in [2.05, 4.69) is 20.9 Å². The Hall–Kier alpha value is -1.43. The van der Waals surface area contributed by atoms with Gasteiger partial charge in [-0.05, 0) is 35.8 Å². The Morgan fingerprint density at radius 2 is 2.06 bits per heavy atom.